The van der Waals surface area contributed by atoms with Gasteiger partial charge in [0.15, 0.2) is 0 Å². The second-order valence-electron chi connectivity index (χ2n) is 5.31. The minimum Gasteiger partial charge on any atom is -0.481 e. The number of hydrogen-bond acceptors (Lipinski definition) is 4. The molecule has 0 aromatic heterocycles. The standard InChI is InChI=1S/C18H18O3S2/c19-17(20)13-18(22-11-4-12-23-18)14-7-9-16(10-8-14)21-15-5-2-1-3-6-15/h1-3,5-10H,4,11-13H2,(H,19,20). The van der Waals surface area contributed by atoms with Crippen LogP contribution in [-0.2, 0) is 8.87 Å². The number of thioether (sulfide) groups is 2. The molecule has 0 atom stereocenters. The molecule has 1 fully saturated rings. The Kier molecular flexibility index (Phi) is 5.18. The van der Waals surface area contributed by atoms with Crippen LogP contribution in [0.15, 0.2) is 54.6 Å². The first kappa shape index (κ1) is 16.3. The number of rotatable bonds is 5. The Morgan fingerprint density at radius 3 is 2.22 bits per heavy atom. The first-order valence-electron chi connectivity index (χ1n) is 7.51. The summed E-state index contributed by atoms with van der Waals surface area (Å²) in [5.74, 6) is 2.81. The van der Waals surface area contributed by atoms with Crippen molar-refractivity contribution in [1.82, 2.24) is 0 Å². The molecule has 2 aromatic rings. The van der Waals surface area contributed by atoms with Crippen LogP contribution in [0.2, 0.25) is 0 Å². The highest BCUT2D eigenvalue weighted by atomic mass is 32.2. The topological polar surface area (TPSA) is 46.5 Å². The van der Waals surface area contributed by atoms with Crippen molar-refractivity contribution >= 4 is 29.5 Å². The molecule has 0 radical (unpaired) electrons. The molecule has 1 aliphatic heterocycles. The lowest BCUT2D eigenvalue weighted by Gasteiger charge is -2.35. The predicted octanol–water partition coefficient (Wildman–Crippen LogP) is 4.98. The molecule has 0 saturated carbocycles. The van der Waals surface area contributed by atoms with Crippen molar-refractivity contribution < 1.29 is 14.6 Å². The van der Waals surface area contributed by atoms with Crippen molar-refractivity contribution in [2.45, 2.75) is 16.9 Å². The minimum absolute atomic E-state index is 0.140. The molecule has 1 saturated heterocycles. The first-order chi connectivity index (χ1) is 11.2. The zero-order valence-electron chi connectivity index (χ0n) is 12.6. The molecule has 1 heterocycles. The van der Waals surface area contributed by atoms with Gasteiger partial charge in [-0.3, -0.25) is 4.79 Å². The van der Waals surface area contributed by atoms with Crippen molar-refractivity contribution in [3.8, 4) is 11.5 Å². The molecule has 0 bridgehead atoms. The quantitative estimate of drug-likeness (QED) is 0.827. The summed E-state index contributed by atoms with van der Waals surface area (Å²) in [4.78, 5) is 11.3. The maximum Gasteiger partial charge on any atom is 0.305 e. The second kappa shape index (κ2) is 7.32. The van der Waals surface area contributed by atoms with E-state index in [0.29, 0.717) is 0 Å². The molecule has 1 aliphatic rings. The van der Waals surface area contributed by atoms with Gasteiger partial charge in [0.1, 0.15) is 11.5 Å². The van der Waals surface area contributed by atoms with E-state index in [9.17, 15) is 9.90 Å². The number of hydrogen-bond donors (Lipinski definition) is 1. The average Bonchev–Trinajstić information content (AvgIpc) is 2.57. The van der Waals surface area contributed by atoms with Gasteiger partial charge in [-0.25, -0.2) is 0 Å². The van der Waals surface area contributed by atoms with Crippen molar-refractivity contribution in [1.29, 1.82) is 0 Å². The van der Waals surface area contributed by atoms with Gasteiger partial charge in [0.05, 0.1) is 10.5 Å². The number of carboxylic acids is 1. The zero-order valence-corrected chi connectivity index (χ0v) is 14.2. The van der Waals surface area contributed by atoms with Crippen molar-refractivity contribution in [3.05, 3.63) is 60.2 Å². The van der Waals surface area contributed by atoms with Gasteiger partial charge in [-0.15, -0.1) is 23.5 Å². The Morgan fingerprint density at radius 2 is 1.61 bits per heavy atom. The number of aliphatic carboxylic acids is 1. The number of carbonyl (C=O) groups is 1. The van der Waals surface area contributed by atoms with Gasteiger partial charge in [-0.2, -0.15) is 0 Å². The van der Waals surface area contributed by atoms with Gasteiger partial charge in [0.2, 0.25) is 0 Å². The third-order valence-electron chi connectivity index (χ3n) is 3.62. The summed E-state index contributed by atoms with van der Waals surface area (Å²) in [7, 11) is 0. The predicted molar refractivity (Wildman–Crippen MR) is 96.4 cm³/mol. The van der Waals surface area contributed by atoms with Gasteiger partial charge in [-0.05, 0) is 47.8 Å². The van der Waals surface area contributed by atoms with E-state index in [1.54, 1.807) is 23.5 Å². The highest BCUT2D eigenvalue weighted by Crippen LogP contribution is 2.52. The van der Waals surface area contributed by atoms with Crippen LogP contribution >= 0.6 is 23.5 Å². The van der Waals surface area contributed by atoms with E-state index >= 15 is 0 Å². The van der Waals surface area contributed by atoms with Crippen LogP contribution in [0.25, 0.3) is 0 Å². The van der Waals surface area contributed by atoms with E-state index in [0.717, 1.165) is 35.0 Å². The van der Waals surface area contributed by atoms with Gasteiger partial charge in [0, 0.05) is 0 Å². The Balaban J connectivity index is 1.80. The maximum atomic E-state index is 11.3. The molecule has 3 rings (SSSR count). The molecule has 120 valence electrons. The average molecular weight is 346 g/mol. The largest absolute Gasteiger partial charge is 0.481 e. The van der Waals surface area contributed by atoms with Gasteiger partial charge >= 0.3 is 5.97 Å². The van der Waals surface area contributed by atoms with Gasteiger partial charge < -0.3 is 9.84 Å². The van der Waals surface area contributed by atoms with Gasteiger partial charge in [0.25, 0.3) is 0 Å². The zero-order chi connectivity index (χ0) is 16.1. The lowest BCUT2D eigenvalue weighted by Crippen LogP contribution is -2.26. The van der Waals surface area contributed by atoms with E-state index in [1.165, 1.54) is 0 Å². The normalized spacial score (nSPS) is 16.7. The molecule has 0 aliphatic carbocycles. The Morgan fingerprint density at radius 1 is 1.00 bits per heavy atom. The minimum atomic E-state index is -0.753. The fourth-order valence-corrected chi connectivity index (χ4v) is 5.86. The van der Waals surface area contributed by atoms with Crippen molar-refractivity contribution in [2.24, 2.45) is 0 Å². The Bertz CT molecular complexity index is 650. The molecule has 3 nitrogen and oxygen atoms in total. The van der Waals surface area contributed by atoms with E-state index in [1.807, 2.05) is 54.6 Å². The SMILES string of the molecule is O=C(O)CC1(c2ccc(Oc3ccccc3)cc2)SCCCS1. The first-order valence-corrected chi connectivity index (χ1v) is 9.48. The summed E-state index contributed by atoms with van der Waals surface area (Å²) < 4.78 is 5.43. The number of benzene rings is 2. The fourth-order valence-electron chi connectivity index (χ4n) is 2.55. The number of para-hydroxylation sites is 1. The molecular formula is C18H18O3S2. The van der Waals surface area contributed by atoms with Crippen LogP contribution in [0.5, 0.6) is 11.5 Å². The molecule has 23 heavy (non-hydrogen) atoms. The van der Waals surface area contributed by atoms with Crippen LogP contribution in [0.3, 0.4) is 0 Å². The summed E-state index contributed by atoms with van der Waals surface area (Å²) in [6, 6.07) is 17.5. The van der Waals surface area contributed by atoms with E-state index in [-0.39, 0.29) is 10.5 Å². The lowest BCUT2D eigenvalue weighted by molar-refractivity contribution is -0.137. The molecule has 0 amide bonds. The van der Waals surface area contributed by atoms with Crippen LogP contribution in [0.1, 0.15) is 18.4 Å². The van der Waals surface area contributed by atoms with E-state index < -0.39 is 5.97 Å². The van der Waals surface area contributed by atoms with Crippen LogP contribution < -0.4 is 4.74 Å². The van der Waals surface area contributed by atoms with Crippen LogP contribution in [0, 0.1) is 0 Å². The maximum absolute atomic E-state index is 11.3. The fraction of sp³-hybridized carbons (Fsp3) is 0.278. The third-order valence-corrected chi connectivity index (χ3v) is 7.00. The summed E-state index contributed by atoms with van der Waals surface area (Å²) in [5, 5.41) is 9.29. The van der Waals surface area contributed by atoms with E-state index in [2.05, 4.69) is 0 Å². The smallest absolute Gasteiger partial charge is 0.305 e. The Hall–Kier alpha value is -1.59. The van der Waals surface area contributed by atoms with E-state index in [4.69, 9.17) is 4.74 Å². The molecular weight excluding hydrogens is 328 g/mol. The molecule has 0 spiro atoms. The Labute approximate surface area is 144 Å². The number of ether oxygens (including phenoxy) is 1. The monoisotopic (exact) mass is 346 g/mol. The van der Waals surface area contributed by atoms with Crippen LogP contribution in [0.4, 0.5) is 0 Å². The molecule has 2 aromatic carbocycles. The second-order valence-corrected chi connectivity index (χ2v) is 8.36. The lowest BCUT2D eigenvalue weighted by atomic mass is 10.1. The molecule has 0 unspecified atom stereocenters. The summed E-state index contributed by atoms with van der Waals surface area (Å²) in [6.07, 6.45) is 1.27. The molecule has 5 heteroatoms. The summed E-state index contributed by atoms with van der Waals surface area (Å²) >= 11 is 3.49. The van der Waals surface area contributed by atoms with Gasteiger partial charge in [-0.1, -0.05) is 30.3 Å². The van der Waals surface area contributed by atoms with Crippen molar-refractivity contribution in [3.63, 3.8) is 0 Å². The molecule has 1 N–H and O–H groups in total. The number of carboxylic acid groups (broad SMARTS) is 1. The summed E-state index contributed by atoms with van der Waals surface area (Å²) in [5.41, 5.74) is 1.05. The van der Waals surface area contributed by atoms with Crippen LogP contribution in [-0.4, -0.2) is 22.6 Å². The summed E-state index contributed by atoms with van der Waals surface area (Å²) in [6.45, 7) is 0. The highest BCUT2D eigenvalue weighted by Gasteiger charge is 2.37. The van der Waals surface area contributed by atoms with Crippen molar-refractivity contribution in [2.75, 3.05) is 11.5 Å². The highest BCUT2D eigenvalue weighted by molar-refractivity contribution is 8.18. The third kappa shape index (κ3) is 4.03.